The van der Waals surface area contributed by atoms with E-state index in [9.17, 15) is 4.79 Å². The Morgan fingerprint density at radius 1 is 1.03 bits per heavy atom. The van der Waals surface area contributed by atoms with E-state index in [1.807, 2.05) is 42.6 Å². The van der Waals surface area contributed by atoms with Gasteiger partial charge < -0.3 is 10.1 Å². The molecule has 1 atom stereocenters. The molecular formula is C23H19N5O2. The predicted molar refractivity (Wildman–Crippen MR) is 111 cm³/mol. The van der Waals surface area contributed by atoms with Gasteiger partial charge in [-0.05, 0) is 48.0 Å². The Kier molecular flexibility index (Phi) is 4.69. The summed E-state index contributed by atoms with van der Waals surface area (Å²) < 4.78 is 7.89. The number of rotatable bonds is 5. The lowest BCUT2D eigenvalue weighted by Crippen LogP contribution is -2.34. The number of hydrogen-bond acceptors (Lipinski definition) is 5. The molecule has 0 fully saturated rings. The van der Waals surface area contributed by atoms with Crippen LogP contribution in [0, 0.1) is 0 Å². The van der Waals surface area contributed by atoms with Crippen LogP contribution in [-0.4, -0.2) is 38.3 Å². The van der Waals surface area contributed by atoms with Crippen molar-refractivity contribution >= 4 is 5.91 Å². The highest BCUT2D eigenvalue weighted by molar-refractivity contribution is 5.94. The highest BCUT2D eigenvalue weighted by Crippen LogP contribution is 2.37. The van der Waals surface area contributed by atoms with Crippen molar-refractivity contribution in [2.75, 3.05) is 6.54 Å². The first kappa shape index (κ1) is 18.1. The van der Waals surface area contributed by atoms with Gasteiger partial charge in [-0.1, -0.05) is 12.1 Å². The van der Waals surface area contributed by atoms with Gasteiger partial charge in [0.1, 0.15) is 11.9 Å². The van der Waals surface area contributed by atoms with Crippen molar-refractivity contribution in [1.29, 1.82) is 0 Å². The molecule has 7 heteroatoms. The second-order valence-corrected chi connectivity index (χ2v) is 7.02. The minimum Gasteiger partial charge on any atom is -0.487 e. The van der Waals surface area contributed by atoms with Gasteiger partial charge in [-0.2, -0.15) is 5.10 Å². The summed E-state index contributed by atoms with van der Waals surface area (Å²) in [7, 11) is 0. The van der Waals surface area contributed by atoms with Crippen molar-refractivity contribution < 1.29 is 9.53 Å². The Morgan fingerprint density at radius 2 is 1.87 bits per heavy atom. The summed E-state index contributed by atoms with van der Waals surface area (Å²) in [6.07, 6.45) is 7.61. The first-order valence-electron chi connectivity index (χ1n) is 9.72. The van der Waals surface area contributed by atoms with Gasteiger partial charge in [0, 0.05) is 36.8 Å². The fourth-order valence-electron chi connectivity index (χ4n) is 3.56. The maximum Gasteiger partial charge on any atom is 0.251 e. The fraction of sp³-hybridized carbons (Fsp3) is 0.130. The van der Waals surface area contributed by atoms with Gasteiger partial charge >= 0.3 is 0 Å². The van der Waals surface area contributed by atoms with Crippen LogP contribution in [0.25, 0.3) is 17.1 Å². The Bertz CT molecular complexity index is 1160. The number of nitrogens with one attached hydrogen (secondary N) is 1. The number of carbonyl (C=O) groups is 1. The summed E-state index contributed by atoms with van der Waals surface area (Å²) in [6.45, 7) is 0.420. The van der Waals surface area contributed by atoms with Crippen molar-refractivity contribution in [3.8, 4) is 22.8 Å². The molecule has 1 aliphatic heterocycles. The standard InChI is InChI=1S/C23H19N5O2/c29-23(16-6-8-18(9-7-16)28-13-3-12-27-28)26-15-19-14-17-4-1-5-20(21(17)30-19)22-24-10-2-11-25-22/h1-13,19H,14-15H2,(H,26,29). The van der Waals surface area contributed by atoms with Crippen LogP contribution in [0.5, 0.6) is 5.75 Å². The molecule has 0 radical (unpaired) electrons. The highest BCUT2D eigenvalue weighted by atomic mass is 16.5. The molecule has 3 heterocycles. The molecule has 0 bridgehead atoms. The van der Waals surface area contributed by atoms with E-state index in [0.717, 1.165) is 29.0 Å². The summed E-state index contributed by atoms with van der Waals surface area (Å²) >= 11 is 0. The van der Waals surface area contributed by atoms with E-state index in [1.165, 1.54) is 0 Å². The third kappa shape index (κ3) is 3.53. The smallest absolute Gasteiger partial charge is 0.251 e. The quantitative estimate of drug-likeness (QED) is 0.560. The Hall–Kier alpha value is -4.00. The number of amides is 1. The van der Waals surface area contributed by atoms with Crippen LogP contribution in [0.1, 0.15) is 15.9 Å². The molecule has 0 saturated carbocycles. The predicted octanol–water partition coefficient (Wildman–Crippen LogP) is 3.06. The SMILES string of the molecule is O=C(NCC1Cc2cccc(-c3ncccn3)c2O1)c1ccc(-n2cccn2)cc1. The van der Waals surface area contributed by atoms with E-state index in [-0.39, 0.29) is 12.0 Å². The largest absolute Gasteiger partial charge is 0.487 e. The van der Waals surface area contributed by atoms with E-state index in [0.29, 0.717) is 17.9 Å². The van der Waals surface area contributed by atoms with E-state index < -0.39 is 0 Å². The van der Waals surface area contributed by atoms with Gasteiger partial charge in [0.05, 0.1) is 17.8 Å². The fourth-order valence-corrected chi connectivity index (χ4v) is 3.56. The number of hydrogen-bond donors (Lipinski definition) is 1. The summed E-state index contributed by atoms with van der Waals surface area (Å²) in [4.78, 5) is 21.2. The van der Waals surface area contributed by atoms with Crippen LogP contribution in [0.4, 0.5) is 0 Å². The van der Waals surface area contributed by atoms with Crippen LogP contribution in [0.2, 0.25) is 0 Å². The third-order valence-corrected chi connectivity index (χ3v) is 5.02. The van der Waals surface area contributed by atoms with E-state index in [4.69, 9.17) is 4.74 Å². The van der Waals surface area contributed by atoms with Crippen LogP contribution in [-0.2, 0) is 6.42 Å². The van der Waals surface area contributed by atoms with Crippen molar-refractivity contribution in [2.45, 2.75) is 12.5 Å². The van der Waals surface area contributed by atoms with E-state index in [2.05, 4.69) is 20.4 Å². The zero-order valence-corrected chi connectivity index (χ0v) is 16.1. The second-order valence-electron chi connectivity index (χ2n) is 7.02. The van der Waals surface area contributed by atoms with Crippen LogP contribution < -0.4 is 10.1 Å². The van der Waals surface area contributed by atoms with Gasteiger partial charge in [0.25, 0.3) is 5.91 Å². The topological polar surface area (TPSA) is 81.9 Å². The van der Waals surface area contributed by atoms with E-state index in [1.54, 1.807) is 41.5 Å². The Morgan fingerprint density at radius 3 is 2.63 bits per heavy atom. The molecule has 0 aliphatic carbocycles. The minimum absolute atomic E-state index is 0.128. The summed E-state index contributed by atoms with van der Waals surface area (Å²) in [5.74, 6) is 1.30. The average molecular weight is 397 g/mol. The molecule has 2 aromatic heterocycles. The number of fused-ring (bicyclic) bond motifs is 1. The molecule has 30 heavy (non-hydrogen) atoms. The molecule has 1 aliphatic rings. The first-order valence-corrected chi connectivity index (χ1v) is 9.72. The molecule has 1 N–H and O–H groups in total. The molecule has 5 rings (SSSR count). The lowest BCUT2D eigenvalue weighted by molar-refractivity contribution is 0.0933. The van der Waals surface area contributed by atoms with Crippen LogP contribution in [0.3, 0.4) is 0 Å². The zero-order valence-electron chi connectivity index (χ0n) is 16.1. The number of carbonyl (C=O) groups excluding carboxylic acids is 1. The molecule has 148 valence electrons. The lowest BCUT2D eigenvalue weighted by atomic mass is 10.1. The van der Waals surface area contributed by atoms with Crippen LogP contribution in [0.15, 0.2) is 79.4 Å². The van der Waals surface area contributed by atoms with Gasteiger partial charge in [0.15, 0.2) is 5.82 Å². The van der Waals surface area contributed by atoms with Gasteiger partial charge in [-0.15, -0.1) is 0 Å². The summed E-state index contributed by atoms with van der Waals surface area (Å²) in [5, 5.41) is 7.16. The number of para-hydroxylation sites is 1. The monoisotopic (exact) mass is 397 g/mol. The van der Waals surface area contributed by atoms with E-state index >= 15 is 0 Å². The average Bonchev–Trinajstić information content (AvgIpc) is 3.48. The van der Waals surface area contributed by atoms with Crippen molar-refractivity contribution in [2.24, 2.45) is 0 Å². The maximum atomic E-state index is 12.6. The molecule has 1 amide bonds. The minimum atomic E-state index is -0.131. The van der Waals surface area contributed by atoms with Gasteiger partial charge in [-0.3, -0.25) is 4.79 Å². The van der Waals surface area contributed by atoms with Gasteiger partial charge in [0.2, 0.25) is 0 Å². The van der Waals surface area contributed by atoms with Crippen molar-refractivity contribution in [1.82, 2.24) is 25.1 Å². The first-order chi connectivity index (χ1) is 14.8. The Labute approximate surface area is 173 Å². The van der Waals surface area contributed by atoms with Crippen molar-refractivity contribution in [3.63, 3.8) is 0 Å². The number of aromatic nitrogens is 4. The highest BCUT2D eigenvalue weighted by Gasteiger charge is 2.26. The Balaban J connectivity index is 1.23. The number of ether oxygens (including phenoxy) is 1. The number of nitrogens with zero attached hydrogens (tertiary/aromatic N) is 4. The maximum absolute atomic E-state index is 12.6. The number of benzene rings is 2. The van der Waals surface area contributed by atoms with Gasteiger partial charge in [-0.25, -0.2) is 14.6 Å². The zero-order chi connectivity index (χ0) is 20.3. The second kappa shape index (κ2) is 7.79. The molecule has 2 aromatic carbocycles. The summed E-state index contributed by atoms with van der Waals surface area (Å²) in [5.41, 5.74) is 3.47. The van der Waals surface area contributed by atoms with Crippen molar-refractivity contribution in [3.05, 3.63) is 90.5 Å². The molecule has 7 nitrogen and oxygen atoms in total. The molecule has 0 saturated heterocycles. The molecule has 0 spiro atoms. The molecular weight excluding hydrogens is 378 g/mol. The normalized spacial score (nSPS) is 14.7. The molecule has 4 aromatic rings. The molecule has 1 unspecified atom stereocenters. The third-order valence-electron chi connectivity index (χ3n) is 5.02. The van der Waals surface area contributed by atoms with Crippen LogP contribution >= 0.6 is 0 Å². The lowest BCUT2D eigenvalue weighted by Gasteiger charge is -2.13. The summed E-state index contributed by atoms with van der Waals surface area (Å²) in [6, 6.07) is 16.9.